The summed E-state index contributed by atoms with van der Waals surface area (Å²) >= 11 is 1.66. The zero-order chi connectivity index (χ0) is 27.6. The van der Waals surface area contributed by atoms with Crippen LogP contribution in [0.1, 0.15) is 16.1 Å². The molecule has 0 fully saturated rings. The number of rotatable bonds is 11. The minimum Gasteiger partial charge on any atom is -0.497 e. The van der Waals surface area contributed by atoms with E-state index in [4.69, 9.17) is 23.9 Å². The van der Waals surface area contributed by atoms with Gasteiger partial charge in [0.15, 0.2) is 0 Å². The first-order valence-corrected chi connectivity index (χ1v) is 13.0. The molecule has 202 valence electrons. The van der Waals surface area contributed by atoms with Gasteiger partial charge in [0, 0.05) is 35.8 Å². The highest BCUT2D eigenvalue weighted by atomic mass is 32.1. The van der Waals surface area contributed by atoms with Crippen LogP contribution in [0.25, 0.3) is 10.6 Å². The number of carbonyl (C=O) groups excluding carboxylic acids is 2. The van der Waals surface area contributed by atoms with Crippen LogP contribution in [0.4, 0.5) is 4.79 Å². The van der Waals surface area contributed by atoms with E-state index >= 15 is 0 Å². The van der Waals surface area contributed by atoms with Crippen molar-refractivity contribution >= 4 is 23.4 Å². The summed E-state index contributed by atoms with van der Waals surface area (Å²) in [4.78, 5) is 36.0. The first-order chi connectivity index (χ1) is 18.9. The Bertz CT molecular complexity index is 1370. The highest BCUT2D eigenvalue weighted by molar-refractivity contribution is 7.15. The number of esters is 1. The van der Waals surface area contributed by atoms with Crippen LogP contribution in [0.15, 0.2) is 73.1 Å². The van der Waals surface area contributed by atoms with E-state index in [9.17, 15) is 9.59 Å². The van der Waals surface area contributed by atoms with Crippen molar-refractivity contribution in [3.05, 3.63) is 89.2 Å². The Labute approximate surface area is 231 Å². The summed E-state index contributed by atoms with van der Waals surface area (Å²) in [5, 5.41) is 0.969. The Hall–Kier alpha value is -4.44. The lowest BCUT2D eigenvalue weighted by molar-refractivity contribution is -0.141. The predicted octanol–water partition coefficient (Wildman–Crippen LogP) is 5.32. The molecule has 4 rings (SSSR count). The summed E-state index contributed by atoms with van der Waals surface area (Å²) < 4.78 is 21.2. The smallest absolute Gasteiger partial charge is 0.416 e. The van der Waals surface area contributed by atoms with Gasteiger partial charge in [-0.2, -0.15) is 0 Å². The normalized spacial score (nSPS) is 10.5. The van der Waals surface area contributed by atoms with Crippen molar-refractivity contribution in [2.45, 2.75) is 19.9 Å². The molecule has 10 heteroatoms. The van der Waals surface area contributed by atoms with Gasteiger partial charge in [-0.3, -0.25) is 14.7 Å². The lowest BCUT2D eigenvalue weighted by Gasteiger charge is -2.21. The summed E-state index contributed by atoms with van der Waals surface area (Å²) in [6.45, 7) is 2.44. The molecular formula is C29H29N3O6S. The number of ether oxygens (including phenoxy) is 4. The minimum absolute atomic E-state index is 0.153. The molecule has 0 aliphatic heterocycles. The quantitative estimate of drug-likeness (QED) is 0.233. The van der Waals surface area contributed by atoms with E-state index in [0.717, 1.165) is 26.7 Å². The number of thiazole rings is 1. The van der Waals surface area contributed by atoms with Crippen molar-refractivity contribution in [2.24, 2.45) is 0 Å². The van der Waals surface area contributed by atoms with Crippen molar-refractivity contribution in [2.75, 3.05) is 27.4 Å². The van der Waals surface area contributed by atoms with Crippen molar-refractivity contribution in [3.63, 3.8) is 0 Å². The summed E-state index contributed by atoms with van der Waals surface area (Å²) in [7, 11) is 2.83. The molecule has 0 bridgehead atoms. The first-order valence-electron chi connectivity index (χ1n) is 12.2. The molecule has 2 aromatic carbocycles. The Kier molecular flexibility index (Phi) is 9.47. The third-order valence-electron chi connectivity index (χ3n) is 5.79. The van der Waals surface area contributed by atoms with Gasteiger partial charge in [0.2, 0.25) is 0 Å². The van der Waals surface area contributed by atoms with E-state index in [0.29, 0.717) is 30.3 Å². The predicted molar refractivity (Wildman–Crippen MR) is 147 cm³/mol. The number of benzene rings is 2. The number of hydrogen-bond donors (Lipinski definition) is 0. The number of methoxy groups -OCH3 is 2. The molecule has 0 spiro atoms. The van der Waals surface area contributed by atoms with Crippen LogP contribution in [-0.4, -0.2) is 54.3 Å². The fourth-order valence-corrected chi connectivity index (χ4v) is 4.63. The van der Waals surface area contributed by atoms with Crippen LogP contribution >= 0.6 is 11.3 Å². The molecule has 0 saturated heterocycles. The van der Waals surface area contributed by atoms with Crippen LogP contribution < -0.4 is 14.2 Å². The van der Waals surface area contributed by atoms with Crippen molar-refractivity contribution in [1.82, 2.24) is 14.9 Å². The highest BCUT2D eigenvalue weighted by Gasteiger charge is 2.20. The second-order valence-corrected chi connectivity index (χ2v) is 9.68. The zero-order valence-corrected chi connectivity index (χ0v) is 22.8. The molecular weight excluding hydrogens is 518 g/mol. The van der Waals surface area contributed by atoms with Gasteiger partial charge in [-0.15, -0.1) is 11.3 Å². The molecule has 39 heavy (non-hydrogen) atoms. The van der Waals surface area contributed by atoms with E-state index in [2.05, 4.69) is 11.9 Å². The number of pyridine rings is 1. The summed E-state index contributed by atoms with van der Waals surface area (Å²) in [5.41, 5.74) is 2.86. The second kappa shape index (κ2) is 13.4. The van der Waals surface area contributed by atoms with Gasteiger partial charge in [-0.25, -0.2) is 9.78 Å². The van der Waals surface area contributed by atoms with Crippen molar-refractivity contribution in [1.29, 1.82) is 0 Å². The van der Waals surface area contributed by atoms with Gasteiger partial charge in [0.1, 0.15) is 28.8 Å². The fraction of sp³-hybridized carbons (Fsp3) is 0.241. The molecule has 4 aromatic rings. The van der Waals surface area contributed by atoms with Gasteiger partial charge in [0.05, 0.1) is 26.5 Å². The molecule has 0 N–H and O–H groups in total. The maximum atomic E-state index is 12.8. The molecule has 0 radical (unpaired) electrons. The molecule has 0 unspecified atom stereocenters. The number of amides is 1. The van der Waals surface area contributed by atoms with Crippen LogP contribution in [0.2, 0.25) is 0 Å². The van der Waals surface area contributed by atoms with Crippen LogP contribution in [0.5, 0.6) is 17.2 Å². The van der Waals surface area contributed by atoms with Crippen molar-refractivity contribution < 1.29 is 28.5 Å². The van der Waals surface area contributed by atoms with Gasteiger partial charge >= 0.3 is 12.1 Å². The van der Waals surface area contributed by atoms with Gasteiger partial charge in [0.25, 0.3) is 0 Å². The largest absolute Gasteiger partial charge is 0.497 e. The Morgan fingerprint density at radius 1 is 0.897 bits per heavy atom. The van der Waals surface area contributed by atoms with E-state index in [-0.39, 0.29) is 13.1 Å². The van der Waals surface area contributed by atoms with Crippen LogP contribution in [0.3, 0.4) is 0 Å². The maximum absolute atomic E-state index is 12.8. The summed E-state index contributed by atoms with van der Waals surface area (Å²) in [6, 6.07) is 17.8. The van der Waals surface area contributed by atoms with Gasteiger partial charge < -0.3 is 18.9 Å². The molecule has 0 saturated carbocycles. The number of nitrogens with zero attached hydrogens (tertiary/aromatic N) is 3. The summed E-state index contributed by atoms with van der Waals surface area (Å²) in [5.74, 6) is 1.12. The van der Waals surface area contributed by atoms with Crippen LogP contribution in [-0.2, 0) is 22.5 Å². The minimum atomic E-state index is -0.671. The third-order valence-corrected chi connectivity index (χ3v) is 6.86. The monoisotopic (exact) mass is 547 g/mol. The van der Waals surface area contributed by atoms with E-state index in [1.54, 1.807) is 55.1 Å². The summed E-state index contributed by atoms with van der Waals surface area (Å²) in [6.07, 6.45) is 3.53. The molecule has 1 amide bonds. The average molecular weight is 548 g/mol. The van der Waals surface area contributed by atoms with E-state index in [1.807, 2.05) is 36.4 Å². The number of hydrogen-bond acceptors (Lipinski definition) is 9. The molecule has 2 heterocycles. The zero-order valence-electron chi connectivity index (χ0n) is 22.0. The average Bonchev–Trinajstić information content (AvgIpc) is 3.34. The number of carbonyl (C=O) groups is 2. The standard InChI is InChI=1S/C29H29N3O6S/c1-20-26(31-28(39-20)22-12-15-30-16-13-22)14-17-37-24-6-4-21(5-7-24)18-32(19-27(33)36-3)29(34)38-25-10-8-23(35-2)9-11-25/h4-13,15-16H,14,17-19H2,1-3H3. The van der Waals surface area contributed by atoms with E-state index < -0.39 is 12.1 Å². The van der Waals surface area contributed by atoms with E-state index in [1.165, 1.54) is 12.0 Å². The van der Waals surface area contributed by atoms with Gasteiger partial charge in [-0.05, 0) is 61.0 Å². The molecule has 2 aromatic heterocycles. The fourth-order valence-electron chi connectivity index (χ4n) is 3.67. The maximum Gasteiger partial charge on any atom is 0.416 e. The van der Waals surface area contributed by atoms with Gasteiger partial charge in [-0.1, -0.05) is 12.1 Å². The Morgan fingerprint density at radius 3 is 2.23 bits per heavy atom. The molecule has 0 aliphatic carbocycles. The lowest BCUT2D eigenvalue weighted by atomic mass is 10.2. The van der Waals surface area contributed by atoms with Crippen molar-refractivity contribution in [3.8, 4) is 27.8 Å². The first kappa shape index (κ1) is 27.6. The molecule has 0 aliphatic rings. The van der Waals surface area contributed by atoms with Crippen LogP contribution in [0, 0.1) is 6.92 Å². The molecule has 9 nitrogen and oxygen atoms in total. The highest BCUT2D eigenvalue weighted by Crippen LogP contribution is 2.27. The Morgan fingerprint density at radius 2 is 1.56 bits per heavy atom. The molecule has 0 atom stereocenters. The lowest BCUT2D eigenvalue weighted by Crippen LogP contribution is -2.37. The Balaban J connectivity index is 1.33. The number of aryl methyl sites for hydroxylation is 1. The SMILES string of the molecule is COC(=O)CN(Cc1ccc(OCCc2nc(-c3ccncc3)sc2C)cc1)C(=O)Oc1ccc(OC)cc1. The second-order valence-electron chi connectivity index (χ2n) is 8.48. The third kappa shape index (κ3) is 7.78. The topological polar surface area (TPSA) is 100 Å². The number of aromatic nitrogens is 2.